The Labute approximate surface area is 194 Å². The second kappa shape index (κ2) is 10.3. The molecule has 7 nitrogen and oxygen atoms in total. The number of nitrogens with zero attached hydrogens (tertiary/aromatic N) is 5. The monoisotopic (exact) mass is 452 g/mol. The van der Waals surface area contributed by atoms with Crippen molar-refractivity contribution in [1.82, 2.24) is 29.9 Å². The lowest BCUT2D eigenvalue weighted by atomic mass is 10.1. The van der Waals surface area contributed by atoms with E-state index in [1.807, 2.05) is 42.8 Å². The van der Waals surface area contributed by atoms with E-state index in [0.29, 0.717) is 24.7 Å². The number of benzene rings is 1. The number of rotatable bonds is 9. The highest BCUT2D eigenvalue weighted by Gasteiger charge is 2.23. The number of carbonyl (C=O) groups is 1. The first-order valence-electron chi connectivity index (χ1n) is 11.4. The first-order chi connectivity index (χ1) is 15.5. The number of thioether (sulfide) groups is 1. The standard InChI is InChI=1S/C24H32N6OS/c1-17-14-18(2)29(28-17)16-19-8-6-9-20(15-19)23(31)25-13-7-12-22-26-27-24(32-3)30(22)21-10-4-5-11-21/h6,8-9,14-15,21H,4-5,7,10-13,16H2,1-3H3,(H,25,31). The average molecular weight is 453 g/mol. The lowest BCUT2D eigenvalue weighted by Crippen LogP contribution is -2.25. The van der Waals surface area contributed by atoms with E-state index in [2.05, 4.69) is 37.5 Å². The third-order valence-corrected chi connectivity index (χ3v) is 6.74. The molecule has 0 aliphatic heterocycles. The molecule has 170 valence electrons. The zero-order valence-corrected chi connectivity index (χ0v) is 20.0. The minimum absolute atomic E-state index is 0.0396. The molecule has 0 spiro atoms. The van der Waals surface area contributed by atoms with E-state index in [9.17, 15) is 4.79 Å². The van der Waals surface area contributed by atoms with Gasteiger partial charge in [0, 0.05) is 30.3 Å². The predicted molar refractivity (Wildman–Crippen MR) is 127 cm³/mol. The van der Waals surface area contributed by atoms with Gasteiger partial charge in [-0.05, 0) is 63.1 Å². The zero-order valence-electron chi connectivity index (χ0n) is 19.2. The first kappa shape index (κ1) is 22.6. The molecule has 32 heavy (non-hydrogen) atoms. The second-order valence-electron chi connectivity index (χ2n) is 8.56. The summed E-state index contributed by atoms with van der Waals surface area (Å²) in [5.74, 6) is 1.00. The predicted octanol–water partition coefficient (Wildman–Crippen LogP) is 4.34. The number of carbonyl (C=O) groups excluding carboxylic acids is 1. The molecule has 0 bridgehead atoms. The fourth-order valence-corrected chi connectivity index (χ4v) is 5.09. The van der Waals surface area contributed by atoms with Crippen LogP contribution >= 0.6 is 11.8 Å². The van der Waals surface area contributed by atoms with Gasteiger partial charge in [-0.3, -0.25) is 9.48 Å². The SMILES string of the molecule is CSc1nnc(CCCNC(=O)c2cccc(Cn3nc(C)cc3C)c2)n1C1CCCC1. The third-order valence-electron chi connectivity index (χ3n) is 6.10. The number of nitrogens with one attached hydrogen (secondary N) is 1. The molecule has 0 atom stereocenters. The number of amides is 1. The molecule has 2 aromatic heterocycles. The highest BCUT2D eigenvalue weighted by molar-refractivity contribution is 7.98. The van der Waals surface area contributed by atoms with Gasteiger partial charge in [0.15, 0.2) is 5.16 Å². The topological polar surface area (TPSA) is 77.6 Å². The van der Waals surface area contributed by atoms with Gasteiger partial charge in [0.05, 0.1) is 12.2 Å². The lowest BCUT2D eigenvalue weighted by molar-refractivity contribution is 0.0953. The summed E-state index contributed by atoms with van der Waals surface area (Å²) in [6, 6.07) is 10.4. The number of hydrogen-bond acceptors (Lipinski definition) is 5. The van der Waals surface area contributed by atoms with Gasteiger partial charge in [0.2, 0.25) is 0 Å². The molecular weight excluding hydrogens is 420 g/mol. The second-order valence-corrected chi connectivity index (χ2v) is 9.33. The maximum absolute atomic E-state index is 12.7. The van der Waals surface area contributed by atoms with E-state index in [1.54, 1.807) is 11.8 Å². The van der Waals surface area contributed by atoms with Gasteiger partial charge < -0.3 is 9.88 Å². The Kier molecular flexibility index (Phi) is 7.29. The van der Waals surface area contributed by atoms with E-state index in [-0.39, 0.29) is 5.91 Å². The van der Waals surface area contributed by atoms with Gasteiger partial charge in [-0.15, -0.1) is 10.2 Å². The van der Waals surface area contributed by atoms with Crippen LogP contribution in [0.15, 0.2) is 35.5 Å². The summed E-state index contributed by atoms with van der Waals surface area (Å²) in [6.45, 7) is 5.32. The van der Waals surface area contributed by atoms with E-state index < -0.39 is 0 Å². The van der Waals surface area contributed by atoms with Crippen molar-refractivity contribution >= 4 is 17.7 Å². The van der Waals surface area contributed by atoms with Gasteiger partial charge in [0.25, 0.3) is 5.91 Å². The Morgan fingerprint density at radius 1 is 1.19 bits per heavy atom. The normalized spacial score (nSPS) is 14.2. The maximum Gasteiger partial charge on any atom is 0.251 e. The number of aryl methyl sites for hydroxylation is 3. The van der Waals surface area contributed by atoms with Crippen LogP contribution in [0.2, 0.25) is 0 Å². The molecule has 1 aliphatic carbocycles. The smallest absolute Gasteiger partial charge is 0.251 e. The van der Waals surface area contributed by atoms with Gasteiger partial charge in [0.1, 0.15) is 5.82 Å². The van der Waals surface area contributed by atoms with E-state index in [0.717, 1.165) is 40.8 Å². The van der Waals surface area contributed by atoms with Gasteiger partial charge >= 0.3 is 0 Å². The fraction of sp³-hybridized carbons (Fsp3) is 0.500. The van der Waals surface area contributed by atoms with Crippen molar-refractivity contribution in [2.24, 2.45) is 0 Å². The van der Waals surface area contributed by atoms with Crippen LogP contribution in [-0.4, -0.2) is 43.3 Å². The molecule has 0 saturated heterocycles. The van der Waals surface area contributed by atoms with Crippen molar-refractivity contribution in [2.75, 3.05) is 12.8 Å². The summed E-state index contributed by atoms with van der Waals surface area (Å²) in [6.07, 6.45) is 8.71. The van der Waals surface area contributed by atoms with Crippen LogP contribution in [0.25, 0.3) is 0 Å². The largest absolute Gasteiger partial charge is 0.352 e. The lowest BCUT2D eigenvalue weighted by Gasteiger charge is -2.16. The van der Waals surface area contributed by atoms with Gasteiger partial charge in [-0.1, -0.05) is 36.7 Å². The molecule has 0 unspecified atom stereocenters. The summed E-state index contributed by atoms with van der Waals surface area (Å²) in [7, 11) is 0. The molecule has 8 heteroatoms. The molecule has 3 aromatic rings. The Hall–Kier alpha value is -2.61. The summed E-state index contributed by atoms with van der Waals surface area (Å²) in [5, 5.41) is 17.4. The summed E-state index contributed by atoms with van der Waals surface area (Å²) in [4.78, 5) is 12.7. The van der Waals surface area contributed by atoms with Crippen molar-refractivity contribution in [3.8, 4) is 0 Å². The Morgan fingerprint density at radius 2 is 2.00 bits per heavy atom. The Balaban J connectivity index is 1.31. The van der Waals surface area contributed by atoms with Crippen molar-refractivity contribution in [3.63, 3.8) is 0 Å². The van der Waals surface area contributed by atoms with Crippen molar-refractivity contribution in [1.29, 1.82) is 0 Å². The molecule has 1 aliphatic rings. The third kappa shape index (κ3) is 5.23. The van der Waals surface area contributed by atoms with Crippen LogP contribution in [0.1, 0.15) is 71.3 Å². The summed E-state index contributed by atoms with van der Waals surface area (Å²) in [5.41, 5.74) is 3.87. The van der Waals surface area contributed by atoms with E-state index >= 15 is 0 Å². The molecule has 0 radical (unpaired) electrons. The number of aromatic nitrogens is 5. The summed E-state index contributed by atoms with van der Waals surface area (Å²) < 4.78 is 4.30. The van der Waals surface area contributed by atoms with Crippen molar-refractivity contribution in [2.45, 2.75) is 70.1 Å². The number of hydrogen-bond donors (Lipinski definition) is 1. The molecule has 1 N–H and O–H groups in total. The van der Waals surface area contributed by atoms with Crippen LogP contribution in [0.5, 0.6) is 0 Å². The molecule has 1 saturated carbocycles. The molecule has 4 rings (SSSR count). The molecular formula is C24H32N6OS. The zero-order chi connectivity index (χ0) is 22.5. The van der Waals surface area contributed by atoms with Gasteiger partial charge in [-0.2, -0.15) is 5.10 Å². The van der Waals surface area contributed by atoms with E-state index in [1.165, 1.54) is 25.7 Å². The Bertz CT molecular complexity index is 1070. The minimum Gasteiger partial charge on any atom is -0.352 e. The average Bonchev–Trinajstić information content (AvgIpc) is 3.51. The van der Waals surface area contributed by atoms with Crippen LogP contribution in [0, 0.1) is 13.8 Å². The van der Waals surface area contributed by atoms with Gasteiger partial charge in [-0.25, -0.2) is 0 Å². The highest BCUT2D eigenvalue weighted by Crippen LogP contribution is 2.33. The van der Waals surface area contributed by atoms with Crippen molar-refractivity contribution < 1.29 is 4.79 Å². The van der Waals surface area contributed by atoms with Crippen LogP contribution in [-0.2, 0) is 13.0 Å². The Morgan fingerprint density at radius 3 is 2.72 bits per heavy atom. The quantitative estimate of drug-likeness (QED) is 0.386. The van der Waals surface area contributed by atoms with Crippen molar-refractivity contribution in [3.05, 3.63) is 58.7 Å². The molecule has 2 heterocycles. The maximum atomic E-state index is 12.7. The first-order valence-corrected chi connectivity index (χ1v) is 12.6. The van der Waals surface area contributed by atoms with E-state index in [4.69, 9.17) is 0 Å². The molecule has 1 amide bonds. The van der Waals surface area contributed by atoms with Crippen LogP contribution in [0.3, 0.4) is 0 Å². The highest BCUT2D eigenvalue weighted by atomic mass is 32.2. The molecule has 1 aromatic carbocycles. The molecule has 1 fully saturated rings. The minimum atomic E-state index is -0.0396. The van der Waals surface area contributed by atoms with Crippen LogP contribution < -0.4 is 5.32 Å². The summed E-state index contributed by atoms with van der Waals surface area (Å²) >= 11 is 1.66. The van der Waals surface area contributed by atoms with Crippen LogP contribution in [0.4, 0.5) is 0 Å². The fourth-order valence-electron chi connectivity index (χ4n) is 4.52.